The van der Waals surface area contributed by atoms with Gasteiger partial charge in [-0.2, -0.15) is 0 Å². The van der Waals surface area contributed by atoms with E-state index in [1.54, 1.807) is 0 Å². The highest BCUT2D eigenvalue weighted by Gasteiger charge is 2.14. The lowest BCUT2D eigenvalue weighted by Crippen LogP contribution is -2.19. The summed E-state index contributed by atoms with van der Waals surface area (Å²) in [7, 11) is 0. The second-order valence-corrected chi connectivity index (χ2v) is 8.53. The Bertz CT molecular complexity index is 1500. The van der Waals surface area contributed by atoms with Crippen LogP contribution in [0.3, 0.4) is 0 Å². The average molecular weight is 447 g/mol. The van der Waals surface area contributed by atoms with E-state index in [9.17, 15) is 0 Å². The van der Waals surface area contributed by atoms with E-state index >= 15 is 0 Å². The van der Waals surface area contributed by atoms with E-state index in [1.165, 1.54) is 0 Å². The standard InChI is InChI=1S/C26H22N8/c1-2-15(25-31-19-6-4-17(13-21(19)33-25)23-27-8-9-28-23)12-16(3-1)26-32-20-7-5-18(14-22(20)34-26)24-29-10-11-30-24/h1-7,12-14H,8-11H2,(H,27,28)(H,29,30)(H,31,33)(H,32,34). The number of nitrogens with zero attached hydrogens (tertiary/aromatic N) is 4. The van der Waals surface area contributed by atoms with Crippen LogP contribution in [-0.4, -0.2) is 57.8 Å². The fourth-order valence-electron chi connectivity index (χ4n) is 4.58. The van der Waals surface area contributed by atoms with Crippen LogP contribution in [0.2, 0.25) is 0 Å². The number of imidazole rings is 2. The maximum Gasteiger partial charge on any atom is 0.138 e. The highest BCUT2D eigenvalue weighted by atomic mass is 15.1. The molecule has 5 aromatic rings. The zero-order valence-electron chi connectivity index (χ0n) is 18.4. The number of aromatic nitrogens is 4. The Labute approximate surface area is 195 Å². The molecule has 34 heavy (non-hydrogen) atoms. The zero-order chi connectivity index (χ0) is 22.5. The average Bonchev–Trinajstić information content (AvgIpc) is 3.69. The van der Waals surface area contributed by atoms with Gasteiger partial charge in [0.15, 0.2) is 0 Å². The molecule has 0 radical (unpaired) electrons. The van der Waals surface area contributed by atoms with Gasteiger partial charge < -0.3 is 20.6 Å². The Morgan fingerprint density at radius 2 is 1.09 bits per heavy atom. The number of hydrogen-bond donors (Lipinski definition) is 4. The molecule has 0 spiro atoms. The van der Waals surface area contributed by atoms with Crippen molar-refractivity contribution in [2.24, 2.45) is 9.98 Å². The van der Waals surface area contributed by atoms with Gasteiger partial charge in [-0.1, -0.05) is 18.2 Å². The molecule has 0 fully saturated rings. The van der Waals surface area contributed by atoms with Crippen molar-refractivity contribution >= 4 is 33.7 Å². The van der Waals surface area contributed by atoms with Gasteiger partial charge in [0.05, 0.1) is 35.2 Å². The Morgan fingerprint density at radius 3 is 1.56 bits per heavy atom. The largest absolute Gasteiger partial charge is 0.368 e. The van der Waals surface area contributed by atoms with Gasteiger partial charge in [-0.3, -0.25) is 9.98 Å². The molecular weight excluding hydrogens is 424 g/mol. The number of benzene rings is 3. The lowest BCUT2D eigenvalue weighted by atomic mass is 10.1. The summed E-state index contributed by atoms with van der Waals surface area (Å²) in [6, 6.07) is 20.7. The molecule has 0 unspecified atom stereocenters. The molecule has 0 bridgehead atoms. The zero-order valence-corrected chi connectivity index (χ0v) is 18.4. The number of fused-ring (bicyclic) bond motifs is 2. The number of H-pyrrole nitrogens is 2. The normalized spacial score (nSPS) is 15.4. The summed E-state index contributed by atoms with van der Waals surface area (Å²) in [4.78, 5) is 25.6. The van der Waals surface area contributed by atoms with Crippen LogP contribution in [0.1, 0.15) is 11.1 Å². The first-order valence-corrected chi connectivity index (χ1v) is 11.5. The maximum absolute atomic E-state index is 4.82. The minimum Gasteiger partial charge on any atom is -0.368 e. The molecule has 0 amide bonds. The summed E-state index contributed by atoms with van der Waals surface area (Å²) in [6.07, 6.45) is 0. The topological polar surface area (TPSA) is 106 Å². The van der Waals surface area contributed by atoms with Crippen LogP contribution in [0.25, 0.3) is 44.8 Å². The second kappa shape index (κ2) is 7.55. The number of amidine groups is 2. The molecule has 0 atom stereocenters. The van der Waals surface area contributed by atoms with E-state index < -0.39 is 0 Å². The first kappa shape index (κ1) is 19.0. The number of nitrogens with one attached hydrogen (secondary N) is 4. The summed E-state index contributed by atoms with van der Waals surface area (Å²) in [6.45, 7) is 3.43. The number of hydrogen-bond acceptors (Lipinski definition) is 6. The SMILES string of the molecule is c1cc(-c2nc3ccc(C4=NCCN4)cc3[nH]2)cc(-c2nc3ccc(C4=NCCN4)cc3[nH]2)c1. The van der Waals surface area contributed by atoms with Gasteiger partial charge in [0.2, 0.25) is 0 Å². The van der Waals surface area contributed by atoms with Gasteiger partial charge in [0.25, 0.3) is 0 Å². The molecule has 7 rings (SSSR count). The van der Waals surface area contributed by atoms with E-state index in [2.05, 4.69) is 73.1 Å². The molecule has 166 valence electrons. The van der Waals surface area contributed by atoms with Crippen molar-refractivity contribution in [3.05, 3.63) is 71.8 Å². The third kappa shape index (κ3) is 3.23. The molecule has 8 nitrogen and oxygen atoms in total. The van der Waals surface area contributed by atoms with Gasteiger partial charge in [-0.15, -0.1) is 0 Å². The Balaban J connectivity index is 1.23. The van der Waals surface area contributed by atoms with E-state index in [1.807, 2.05) is 18.2 Å². The number of rotatable bonds is 4. The van der Waals surface area contributed by atoms with Crippen LogP contribution in [0, 0.1) is 0 Å². The molecular formula is C26H22N8. The van der Waals surface area contributed by atoms with Crippen molar-refractivity contribution in [1.29, 1.82) is 0 Å². The predicted molar refractivity (Wildman–Crippen MR) is 135 cm³/mol. The van der Waals surface area contributed by atoms with E-state index in [0.717, 1.165) is 93.8 Å². The third-order valence-corrected chi connectivity index (χ3v) is 6.27. The fourth-order valence-corrected chi connectivity index (χ4v) is 4.58. The molecule has 4 N–H and O–H groups in total. The Kier molecular flexibility index (Phi) is 4.23. The quantitative estimate of drug-likeness (QED) is 0.339. The molecule has 3 aromatic carbocycles. The molecule has 2 aromatic heterocycles. The Morgan fingerprint density at radius 1 is 0.559 bits per heavy atom. The highest BCUT2D eigenvalue weighted by Crippen LogP contribution is 2.27. The first-order valence-electron chi connectivity index (χ1n) is 11.5. The second-order valence-electron chi connectivity index (χ2n) is 8.53. The van der Waals surface area contributed by atoms with Crippen molar-refractivity contribution in [3.63, 3.8) is 0 Å². The minimum absolute atomic E-state index is 0.823. The number of aromatic amines is 2. The lowest BCUT2D eigenvalue weighted by molar-refractivity contribution is 0.960. The van der Waals surface area contributed by atoms with E-state index in [0.29, 0.717) is 0 Å². The first-order chi connectivity index (χ1) is 16.8. The summed E-state index contributed by atoms with van der Waals surface area (Å²) in [5, 5.41) is 6.65. The molecule has 0 aliphatic carbocycles. The molecule has 0 saturated heterocycles. The highest BCUT2D eigenvalue weighted by molar-refractivity contribution is 6.03. The summed E-state index contributed by atoms with van der Waals surface area (Å²) in [5.74, 6) is 3.56. The van der Waals surface area contributed by atoms with Crippen molar-refractivity contribution < 1.29 is 0 Å². The van der Waals surface area contributed by atoms with Crippen molar-refractivity contribution in [2.45, 2.75) is 0 Å². The lowest BCUT2D eigenvalue weighted by Gasteiger charge is -2.01. The van der Waals surface area contributed by atoms with Gasteiger partial charge in [0, 0.05) is 35.3 Å². The third-order valence-electron chi connectivity index (χ3n) is 6.27. The predicted octanol–water partition coefficient (Wildman–Crippen LogP) is 3.47. The smallest absolute Gasteiger partial charge is 0.138 e. The van der Waals surface area contributed by atoms with E-state index in [-0.39, 0.29) is 0 Å². The molecule has 8 heteroatoms. The summed E-state index contributed by atoms with van der Waals surface area (Å²) < 4.78 is 0. The van der Waals surface area contributed by atoms with Crippen LogP contribution in [0.5, 0.6) is 0 Å². The monoisotopic (exact) mass is 446 g/mol. The van der Waals surface area contributed by atoms with Crippen molar-refractivity contribution in [3.8, 4) is 22.8 Å². The molecule has 2 aliphatic heterocycles. The molecule has 2 aliphatic rings. The molecule has 4 heterocycles. The van der Waals surface area contributed by atoms with E-state index in [4.69, 9.17) is 9.97 Å². The van der Waals surface area contributed by atoms with Crippen molar-refractivity contribution in [2.75, 3.05) is 26.2 Å². The van der Waals surface area contributed by atoms with Crippen LogP contribution in [-0.2, 0) is 0 Å². The minimum atomic E-state index is 0.823. The Hall–Kier alpha value is -4.46. The molecule has 0 saturated carbocycles. The maximum atomic E-state index is 4.82. The fraction of sp³-hybridized carbons (Fsp3) is 0.154. The summed E-state index contributed by atoms with van der Waals surface area (Å²) >= 11 is 0. The van der Waals surface area contributed by atoms with Crippen molar-refractivity contribution in [1.82, 2.24) is 30.6 Å². The van der Waals surface area contributed by atoms with Crippen LogP contribution in [0.4, 0.5) is 0 Å². The van der Waals surface area contributed by atoms with Gasteiger partial charge in [-0.05, 0) is 42.5 Å². The van der Waals surface area contributed by atoms with Crippen LogP contribution >= 0.6 is 0 Å². The van der Waals surface area contributed by atoms with Gasteiger partial charge >= 0.3 is 0 Å². The van der Waals surface area contributed by atoms with Crippen LogP contribution < -0.4 is 10.6 Å². The number of aliphatic imine (C=N–C) groups is 2. The van der Waals surface area contributed by atoms with Gasteiger partial charge in [0.1, 0.15) is 23.3 Å². The summed E-state index contributed by atoms with van der Waals surface area (Å²) in [5.41, 5.74) is 8.03. The van der Waals surface area contributed by atoms with Gasteiger partial charge in [-0.25, -0.2) is 9.97 Å². The van der Waals surface area contributed by atoms with Crippen LogP contribution in [0.15, 0.2) is 70.6 Å².